The van der Waals surface area contributed by atoms with Crippen molar-refractivity contribution in [3.8, 4) is 11.5 Å². The minimum absolute atomic E-state index is 0.103. The molecular weight excluding hydrogens is 316 g/mol. The third kappa shape index (κ3) is 5.50. The first kappa shape index (κ1) is 17.3. The molecule has 5 nitrogen and oxygen atoms in total. The lowest BCUT2D eigenvalue weighted by Crippen LogP contribution is -2.34. The number of carbonyl (C=O) groups excluding carboxylic acids is 1. The molecule has 1 aliphatic heterocycles. The summed E-state index contributed by atoms with van der Waals surface area (Å²) in [6.45, 7) is 2.78. The van der Waals surface area contributed by atoms with Crippen LogP contribution in [-0.2, 0) is 4.79 Å². The number of hydrogen-bond acceptors (Lipinski definition) is 4. The molecule has 1 saturated heterocycles. The molecule has 0 radical (unpaired) electrons. The molecule has 0 atom stereocenters. The van der Waals surface area contributed by atoms with Crippen LogP contribution in [-0.4, -0.2) is 32.2 Å². The van der Waals surface area contributed by atoms with E-state index in [2.05, 4.69) is 10.6 Å². The van der Waals surface area contributed by atoms with Gasteiger partial charge in [-0.15, -0.1) is 0 Å². The molecule has 2 N–H and O–H groups in total. The molecule has 2 aromatic rings. The normalized spacial score (nSPS) is 14.7. The maximum absolute atomic E-state index is 12.2. The van der Waals surface area contributed by atoms with Gasteiger partial charge in [-0.05, 0) is 62.3 Å². The maximum Gasteiger partial charge on any atom is 0.227 e. The number of nitrogens with one attached hydrogen (secondary N) is 2. The Balaban J connectivity index is 1.40. The lowest BCUT2D eigenvalue weighted by atomic mass is 9.97. The second-order valence-electron chi connectivity index (χ2n) is 6.05. The first-order valence-corrected chi connectivity index (χ1v) is 8.73. The van der Waals surface area contributed by atoms with E-state index in [0.29, 0.717) is 13.2 Å². The Morgan fingerprint density at radius 1 is 0.920 bits per heavy atom. The van der Waals surface area contributed by atoms with Crippen LogP contribution in [0.3, 0.4) is 0 Å². The molecule has 0 saturated carbocycles. The summed E-state index contributed by atoms with van der Waals surface area (Å²) in [6, 6.07) is 17.1. The van der Waals surface area contributed by atoms with E-state index in [-0.39, 0.29) is 11.8 Å². The van der Waals surface area contributed by atoms with E-state index in [1.54, 1.807) is 0 Å². The third-order valence-corrected chi connectivity index (χ3v) is 4.20. The second-order valence-corrected chi connectivity index (χ2v) is 6.05. The van der Waals surface area contributed by atoms with Crippen molar-refractivity contribution in [3.63, 3.8) is 0 Å². The molecule has 1 heterocycles. The third-order valence-electron chi connectivity index (χ3n) is 4.20. The molecule has 0 aromatic heterocycles. The topological polar surface area (TPSA) is 59.6 Å². The minimum atomic E-state index is 0.103. The highest BCUT2D eigenvalue weighted by Crippen LogP contribution is 2.19. The fraction of sp³-hybridized carbons (Fsp3) is 0.350. The van der Waals surface area contributed by atoms with Crippen LogP contribution in [0, 0.1) is 5.92 Å². The predicted molar refractivity (Wildman–Crippen MR) is 98.1 cm³/mol. The van der Waals surface area contributed by atoms with Gasteiger partial charge in [-0.25, -0.2) is 0 Å². The minimum Gasteiger partial charge on any atom is -0.490 e. The number of amides is 1. The highest BCUT2D eigenvalue weighted by molar-refractivity contribution is 5.92. The van der Waals surface area contributed by atoms with Crippen LogP contribution in [0.25, 0.3) is 0 Å². The van der Waals surface area contributed by atoms with Crippen molar-refractivity contribution in [3.05, 3.63) is 54.6 Å². The van der Waals surface area contributed by atoms with E-state index in [1.165, 1.54) is 0 Å². The quantitative estimate of drug-likeness (QED) is 0.761. The SMILES string of the molecule is O=C(Nc1ccc(OCCOc2ccccc2)cc1)C1CCNCC1. The monoisotopic (exact) mass is 340 g/mol. The predicted octanol–water partition coefficient (Wildman–Crippen LogP) is 3.08. The highest BCUT2D eigenvalue weighted by atomic mass is 16.5. The molecule has 0 unspecified atom stereocenters. The molecule has 5 heteroatoms. The number of benzene rings is 2. The van der Waals surface area contributed by atoms with Crippen molar-refractivity contribution in [2.75, 3.05) is 31.6 Å². The fourth-order valence-corrected chi connectivity index (χ4v) is 2.80. The Kier molecular flexibility index (Phi) is 6.29. The zero-order valence-electron chi connectivity index (χ0n) is 14.2. The van der Waals surface area contributed by atoms with Crippen molar-refractivity contribution in [1.29, 1.82) is 0 Å². The summed E-state index contributed by atoms with van der Waals surface area (Å²) in [5.41, 5.74) is 0.802. The lowest BCUT2D eigenvalue weighted by Gasteiger charge is -2.21. The number of anilines is 1. The summed E-state index contributed by atoms with van der Waals surface area (Å²) in [7, 11) is 0. The number of para-hydroxylation sites is 1. The molecule has 1 aliphatic rings. The van der Waals surface area contributed by atoms with Crippen LogP contribution < -0.4 is 20.1 Å². The van der Waals surface area contributed by atoms with Gasteiger partial charge in [0, 0.05) is 11.6 Å². The number of rotatable bonds is 7. The summed E-state index contributed by atoms with van der Waals surface area (Å²) in [6.07, 6.45) is 1.79. The van der Waals surface area contributed by atoms with Crippen molar-refractivity contribution >= 4 is 11.6 Å². The first-order chi connectivity index (χ1) is 12.3. The Bertz CT molecular complexity index is 652. The number of piperidine rings is 1. The van der Waals surface area contributed by atoms with Crippen LogP contribution in [0.5, 0.6) is 11.5 Å². The molecule has 25 heavy (non-hydrogen) atoms. The Morgan fingerprint density at radius 3 is 2.16 bits per heavy atom. The maximum atomic E-state index is 12.2. The average molecular weight is 340 g/mol. The molecule has 3 rings (SSSR count). The van der Waals surface area contributed by atoms with Crippen molar-refractivity contribution in [2.45, 2.75) is 12.8 Å². The summed E-state index contributed by atoms with van der Waals surface area (Å²) in [5.74, 6) is 1.80. The summed E-state index contributed by atoms with van der Waals surface area (Å²) < 4.78 is 11.2. The summed E-state index contributed by atoms with van der Waals surface area (Å²) in [4.78, 5) is 12.2. The van der Waals surface area contributed by atoms with Gasteiger partial charge in [-0.1, -0.05) is 18.2 Å². The number of ether oxygens (including phenoxy) is 2. The van der Waals surface area contributed by atoms with Gasteiger partial charge in [0.25, 0.3) is 0 Å². The Hall–Kier alpha value is -2.53. The molecule has 1 fully saturated rings. The number of hydrogen-bond donors (Lipinski definition) is 2. The van der Waals surface area contributed by atoms with E-state index in [0.717, 1.165) is 43.1 Å². The zero-order valence-corrected chi connectivity index (χ0v) is 14.2. The van der Waals surface area contributed by atoms with Crippen LogP contribution in [0.2, 0.25) is 0 Å². The van der Waals surface area contributed by atoms with E-state index in [1.807, 2.05) is 54.6 Å². The van der Waals surface area contributed by atoms with Gasteiger partial charge in [0.05, 0.1) is 0 Å². The van der Waals surface area contributed by atoms with Crippen molar-refractivity contribution in [1.82, 2.24) is 5.32 Å². The molecule has 0 spiro atoms. The molecular formula is C20H24N2O3. The van der Waals surface area contributed by atoms with Crippen molar-refractivity contribution in [2.24, 2.45) is 5.92 Å². The molecule has 0 bridgehead atoms. The van der Waals surface area contributed by atoms with E-state index in [9.17, 15) is 4.79 Å². The van der Waals surface area contributed by atoms with Crippen molar-refractivity contribution < 1.29 is 14.3 Å². The van der Waals surface area contributed by atoms with E-state index < -0.39 is 0 Å². The Labute approximate surface area is 148 Å². The average Bonchev–Trinajstić information content (AvgIpc) is 2.68. The van der Waals surface area contributed by atoms with E-state index >= 15 is 0 Å². The molecule has 132 valence electrons. The van der Waals surface area contributed by atoms with Gasteiger partial charge >= 0.3 is 0 Å². The largest absolute Gasteiger partial charge is 0.490 e. The first-order valence-electron chi connectivity index (χ1n) is 8.73. The zero-order chi connectivity index (χ0) is 17.3. The van der Waals surface area contributed by atoms with Gasteiger partial charge in [-0.3, -0.25) is 4.79 Å². The van der Waals surface area contributed by atoms with Crippen LogP contribution in [0.4, 0.5) is 5.69 Å². The van der Waals surface area contributed by atoms with Gasteiger partial charge in [0.15, 0.2) is 0 Å². The smallest absolute Gasteiger partial charge is 0.227 e. The standard InChI is InChI=1S/C20H24N2O3/c23-20(16-10-12-21-13-11-16)22-17-6-8-19(9-7-17)25-15-14-24-18-4-2-1-3-5-18/h1-9,16,21H,10-15H2,(H,22,23). The lowest BCUT2D eigenvalue weighted by molar-refractivity contribution is -0.120. The van der Waals surface area contributed by atoms with Crippen LogP contribution in [0.15, 0.2) is 54.6 Å². The summed E-state index contributed by atoms with van der Waals surface area (Å²) >= 11 is 0. The van der Waals surface area contributed by atoms with Crippen LogP contribution in [0.1, 0.15) is 12.8 Å². The molecule has 2 aromatic carbocycles. The molecule has 0 aliphatic carbocycles. The number of carbonyl (C=O) groups is 1. The van der Waals surface area contributed by atoms with Gasteiger partial charge in [0.1, 0.15) is 24.7 Å². The van der Waals surface area contributed by atoms with Gasteiger partial charge < -0.3 is 20.1 Å². The fourth-order valence-electron chi connectivity index (χ4n) is 2.80. The van der Waals surface area contributed by atoms with Gasteiger partial charge in [-0.2, -0.15) is 0 Å². The second kappa shape index (κ2) is 9.08. The van der Waals surface area contributed by atoms with Crippen LogP contribution >= 0.6 is 0 Å². The van der Waals surface area contributed by atoms with E-state index in [4.69, 9.17) is 9.47 Å². The molecule has 1 amide bonds. The highest BCUT2D eigenvalue weighted by Gasteiger charge is 2.20. The summed E-state index contributed by atoms with van der Waals surface area (Å²) in [5, 5.41) is 6.25. The van der Waals surface area contributed by atoms with Gasteiger partial charge in [0.2, 0.25) is 5.91 Å². The Morgan fingerprint density at radius 2 is 1.52 bits per heavy atom.